The Bertz CT molecular complexity index is 1240. The van der Waals surface area contributed by atoms with Crippen LogP contribution in [0.2, 0.25) is 0 Å². The van der Waals surface area contributed by atoms with Gasteiger partial charge in [0.15, 0.2) is 5.78 Å². The van der Waals surface area contributed by atoms with Gasteiger partial charge >= 0.3 is 5.97 Å². The van der Waals surface area contributed by atoms with Crippen LogP contribution < -0.4 is 14.8 Å². The first-order chi connectivity index (χ1) is 18.0. The van der Waals surface area contributed by atoms with Gasteiger partial charge in [0, 0.05) is 35.0 Å². The van der Waals surface area contributed by atoms with Crippen LogP contribution in [-0.4, -0.2) is 32.1 Å². The number of ketones is 1. The third kappa shape index (κ3) is 5.02. The van der Waals surface area contributed by atoms with Crippen molar-refractivity contribution in [3.63, 3.8) is 0 Å². The Hall–Kier alpha value is -3.54. The minimum atomic E-state index is -0.572. The molecule has 0 amide bonds. The van der Waals surface area contributed by atoms with Crippen LogP contribution in [0, 0.1) is 0 Å². The van der Waals surface area contributed by atoms with E-state index in [1.54, 1.807) is 20.3 Å². The number of Topliss-reactive ketones (excluding diaryl/α,β-unsaturated/α-hetero) is 1. The average molecular weight is 502 g/mol. The van der Waals surface area contributed by atoms with E-state index in [-0.39, 0.29) is 23.8 Å². The number of ether oxygens (including phenoxy) is 3. The Labute approximate surface area is 218 Å². The first kappa shape index (κ1) is 25.1. The Morgan fingerprint density at radius 2 is 1.70 bits per heavy atom. The number of hydrogen-bond acceptors (Lipinski definition) is 6. The number of benzene rings is 2. The Morgan fingerprint density at radius 3 is 2.41 bits per heavy atom. The zero-order valence-corrected chi connectivity index (χ0v) is 21.8. The van der Waals surface area contributed by atoms with E-state index in [0.717, 1.165) is 48.2 Å². The molecule has 0 spiro atoms. The molecule has 1 aliphatic heterocycles. The number of allylic oxidation sites excluding steroid dienone is 3. The van der Waals surface area contributed by atoms with Crippen LogP contribution in [0.5, 0.6) is 11.5 Å². The lowest BCUT2D eigenvalue weighted by Gasteiger charge is -2.37. The Morgan fingerprint density at radius 1 is 0.946 bits per heavy atom. The number of methoxy groups -OCH3 is 2. The maximum absolute atomic E-state index is 13.8. The second kappa shape index (κ2) is 10.8. The predicted octanol–water partition coefficient (Wildman–Crippen LogP) is 5.94. The van der Waals surface area contributed by atoms with Gasteiger partial charge < -0.3 is 19.5 Å². The summed E-state index contributed by atoms with van der Waals surface area (Å²) in [5.41, 5.74) is 4.63. The second-order valence-electron chi connectivity index (χ2n) is 10.2. The molecule has 2 atom stereocenters. The molecule has 1 heterocycles. The molecule has 2 aromatic rings. The highest BCUT2D eigenvalue weighted by Crippen LogP contribution is 2.48. The molecule has 5 rings (SSSR count). The van der Waals surface area contributed by atoms with Crippen molar-refractivity contribution >= 4 is 11.8 Å². The number of carbonyl (C=O) groups is 2. The summed E-state index contributed by atoms with van der Waals surface area (Å²) in [4.78, 5) is 27.6. The van der Waals surface area contributed by atoms with E-state index in [0.29, 0.717) is 35.5 Å². The van der Waals surface area contributed by atoms with Gasteiger partial charge in [0.05, 0.1) is 25.7 Å². The molecule has 37 heavy (non-hydrogen) atoms. The van der Waals surface area contributed by atoms with E-state index in [2.05, 4.69) is 17.4 Å². The highest BCUT2D eigenvalue weighted by molar-refractivity contribution is 6.04. The van der Waals surface area contributed by atoms with Gasteiger partial charge in [-0.3, -0.25) is 4.79 Å². The molecule has 3 aliphatic rings. The summed E-state index contributed by atoms with van der Waals surface area (Å²) < 4.78 is 17.2. The minimum Gasteiger partial charge on any atom is -0.497 e. The highest BCUT2D eigenvalue weighted by Gasteiger charge is 2.43. The standard InChI is InChI=1S/C31H35NO5/c1-19-28(31(34)37-22-12-8-5-9-13-22)29(24-15-14-23(35-2)18-27(24)36-3)30-25(32-19)16-21(17-26(30)33)20-10-6-4-7-11-20/h4,6-7,10-11,14-15,18,21-22,29,32H,5,8-9,12-13,16-17H2,1-3H3/t21-,29+/m1/s1. The number of esters is 1. The normalized spacial score (nSPS) is 22.3. The van der Waals surface area contributed by atoms with Gasteiger partial charge in [-0.2, -0.15) is 0 Å². The molecule has 6 heteroatoms. The molecule has 194 valence electrons. The Kier molecular flexibility index (Phi) is 7.36. The highest BCUT2D eigenvalue weighted by atomic mass is 16.5. The Balaban J connectivity index is 1.58. The van der Waals surface area contributed by atoms with Crippen molar-refractivity contribution in [3.05, 3.63) is 82.2 Å². The quantitative estimate of drug-likeness (QED) is 0.494. The van der Waals surface area contributed by atoms with Crippen LogP contribution in [0.25, 0.3) is 0 Å². The topological polar surface area (TPSA) is 73.9 Å². The molecule has 1 saturated carbocycles. The van der Waals surface area contributed by atoms with Gasteiger partial charge in [-0.05, 0) is 56.6 Å². The van der Waals surface area contributed by atoms with E-state index in [4.69, 9.17) is 14.2 Å². The van der Waals surface area contributed by atoms with E-state index in [1.165, 1.54) is 6.42 Å². The third-order valence-corrected chi connectivity index (χ3v) is 7.90. The summed E-state index contributed by atoms with van der Waals surface area (Å²) >= 11 is 0. The van der Waals surface area contributed by atoms with Crippen LogP contribution in [-0.2, 0) is 14.3 Å². The molecule has 0 bridgehead atoms. The molecule has 1 N–H and O–H groups in total. The molecule has 1 fully saturated rings. The third-order valence-electron chi connectivity index (χ3n) is 7.90. The molecule has 2 aromatic carbocycles. The van der Waals surface area contributed by atoms with Crippen molar-refractivity contribution in [1.29, 1.82) is 0 Å². The van der Waals surface area contributed by atoms with Crippen molar-refractivity contribution in [3.8, 4) is 11.5 Å². The lowest BCUT2D eigenvalue weighted by molar-refractivity contribution is -0.146. The maximum atomic E-state index is 13.8. The summed E-state index contributed by atoms with van der Waals surface area (Å²) in [6, 6.07) is 15.7. The number of nitrogens with one attached hydrogen (secondary N) is 1. The van der Waals surface area contributed by atoms with Gasteiger partial charge in [0.2, 0.25) is 0 Å². The molecule has 6 nitrogen and oxygen atoms in total. The largest absolute Gasteiger partial charge is 0.497 e. The number of rotatable bonds is 6. The smallest absolute Gasteiger partial charge is 0.337 e. The van der Waals surface area contributed by atoms with E-state index < -0.39 is 5.92 Å². The van der Waals surface area contributed by atoms with Crippen molar-refractivity contribution in [2.75, 3.05) is 14.2 Å². The zero-order chi connectivity index (χ0) is 25.9. The monoisotopic (exact) mass is 501 g/mol. The molecule has 0 saturated heterocycles. The van der Waals surface area contributed by atoms with Gasteiger partial charge in [-0.15, -0.1) is 0 Å². The van der Waals surface area contributed by atoms with Crippen LogP contribution >= 0.6 is 0 Å². The second-order valence-corrected chi connectivity index (χ2v) is 10.2. The first-order valence-electron chi connectivity index (χ1n) is 13.2. The van der Waals surface area contributed by atoms with Crippen molar-refractivity contribution in [2.45, 2.75) is 69.8 Å². The van der Waals surface area contributed by atoms with Crippen molar-refractivity contribution < 1.29 is 23.8 Å². The van der Waals surface area contributed by atoms with Crippen molar-refractivity contribution in [1.82, 2.24) is 5.32 Å². The fourth-order valence-electron chi connectivity index (χ4n) is 6.04. The molecular formula is C31H35NO5. The van der Waals surface area contributed by atoms with Gasteiger partial charge in [0.25, 0.3) is 0 Å². The SMILES string of the molecule is COc1ccc([C@H]2C(C(=O)OC3CCCCC3)=C(C)NC3=C2C(=O)C[C@H](c2ccccc2)C3)c(OC)c1. The van der Waals surface area contributed by atoms with Crippen LogP contribution in [0.4, 0.5) is 0 Å². The lowest BCUT2D eigenvalue weighted by Crippen LogP contribution is -2.37. The first-order valence-corrected chi connectivity index (χ1v) is 13.2. The molecule has 0 aromatic heterocycles. The van der Waals surface area contributed by atoms with Gasteiger partial charge in [-0.1, -0.05) is 42.8 Å². The summed E-state index contributed by atoms with van der Waals surface area (Å²) in [5, 5.41) is 3.45. The average Bonchev–Trinajstić information content (AvgIpc) is 2.92. The maximum Gasteiger partial charge on any atom is 0.337 e. The minimum absolute atomic E-state index is 0.0425. The molecular weight excluding hydrogens is 466 g/mol. The van der Waals surface area contributed by atoms with Gasteiger partial charge in [-0.25, -0.2) is 4.79 Å². The van der Waals surface area contributed by atoms with Gasteiger partial charge in [0.1, 0.15) is 17.6 Å². The summed E-state index contributed by atoms with van der Waals surface area (Å²) in [6.07, 6.45) is 6.08. The number of hydrogen-bond donors (Lipinski definition) is 1. The summed E-state index contributed by atoms with van der Waals surface area (Å²) in [5.74, 6) is 0.423. The summed E-state index contributed by atoms with van der Waals surface area (Å²) in [6.45, 7) is 1.90. The van der Waals surface area contributed by atoms with Crippen LogP contribution in [0.3, 0.4) is 0 Å². The number of dihydropyridines is 1. The summed E-state index contributed by atoms with van der Waals surface area (Å²) in [7, 11) is 3.20. The number of carbonyl (C=O) groups excluding carboxylic acids is 2. The zero-order valence-electron chi connectivity index (χ0n) is 21.8. The van der Waals surface area contributed by atoms with Crippen molar-refractivity contribution in [2.24, 2.45) is 0 Å². The fraction of sp³-hybridized carbons (Fsp3) is 0.419. The van der Waals surface area contributed by atoms with E-state index in [9.17, 15) is 9.59 Å². The molecule has 0 radical (unpaired) electrons. The lowest BCUT2D eigenvalue weighted by atomic mass is 9.71. The van der Waals surface area contributed by atoms with E-state index >= 15 is 0 Å². The van der Waals surface area contributed by atoms with Crippen LogP contribution in [0.1, 0.15) is 74.8 Å². The molecule has 2 aliphatic carbocycles. The molecule has 0 unspecified atom stereocenters. The van der Waals surface area contributed by atoms with Crippen LogP contribution in [0.15, 0.2) is 71.1 Å². The van der Waals surface area contributed by atoms with E-state index in [1.807, 2.05) is 37.3 Å². The fourth-order valence-corrected chi connectivity index (χ4v) is 6.04. The predicted molar refractivity (Wildman–Crippen MR) is 142 cm³/mol.